The topological polar surface area (TPSA) is 107 Å². The maximum absolute atomic E-state index is 12.3. The normalized spacial score (nSPS) is 13.4. The molecule has 0 aromatic heterocycles. The Morgan fingerprint density at radius 2 is 1.83 bits per heavy atom. The van der Waals surface area contributed by atoms with Gasteiger partial charge < -0.3 is 20.1 Å². The molecule has 128 valence electrons. The minimum absolute atomic E-state index is 0.00414. The average molecular weight is 325 g/mol. The lowest BCUT2D eigenvalue weighted by Gasteiger charge is -2.31. The first kappa shape index (κ1) is 18.9. The fraction of sp³-hybridized carbons (Fsp3) is 0.500. The van der Waals surface area contributed by atoms with E-state index in [4.69, 9.17) is 9.84 Å². The Morgan fingerprint density at radius 1 is 1.22 bits per heavy atom. The number of aliphatic carboxylic acids is 1. The van der Waals surface area contributed by atoms with Crippen LogP contribution in [0.4, 0.5) is 4.79 Å². The fourth-order valence-electron chi connectivity index (χ4n) is 2.17. The highest BCUT2D eigenvalue weighted by atomic mass is 16.6. The molecule has 0 saturated carbocycles. The van der Waals surface area contributed by atoms with Gasteiger partial charge in [-0.25, -0.2) is 9.59 Å². The number of amides is 1. The third-order valence-corrected chi connectivity index (χ3v) is 3.28. The Hall–Kier alpha value is -2.12. The summed E-state index contributed by atoms with van der Waals surface area (Å²) >= 11 is 0. The van der Waals surface area contributed by atoms with E-state index >= 15 is 0 Å². The number of rotatable bonds is 8. The summed E-state index contributed by atoms with van der Waals surface area (Å²) in [7, 11) is 0. The zero-order valence-electron chi connectivity index (χ0n) is 13.3. The Morgan fingerprint density at radius 3 is 2.30 bits per heavy atom. The second-order valence-corrected chi connectivity index (χ2v) is 5.56. The van der Waals surface area contributed by atoms with Crippen LogP contribution in [0.3, 0.4) is 0 Å². The average Bonchev–Trinajstić information content (AvgIpc) is 2.52. The number of nitrogens with zero attached hydrogens (tertiary/aromatic N) is 1. The van der Waals surface area contributed by atoms with Crippen LogP contribution in [0.15, 0.2) is 30.3 Å². The van der Waals surface area contributed by atoms with Crippen molar-refractivity contribution >= 4 is 12.1 Å². The zero-order valence-corrected chi connectivity index (χ0v) is 13.3. The molecule has 0 saturated heterocycles. The van der Waals surface area contributed by atoms with Gasteiger partial charge in [-0.15, -0.1) is 0 Å². The molecule has 0 radical (unpaired) electrons. The van der Waals surface area contributed by atoms with E-state index in [1.165, 1.54) is 0 Å². The van der Waals surface area contributed by atoms with Crippen LogP contribution in [0.5, 0.6) is 0 Å². The Labute approximate surface area is 135 Å². The number of carbonyl (C=O) groups excluding carboxylic acids is 1. The van der Waals surface area contributed by atoms with Gasteiger partial charge >= 0.3 is 12.1 Å². The number of aliphatic hydroxyl groups is 2. The summed E-state index contributed by atoms with van der Waals surface area (Å²) < 4.78 is 5.15. The number of carbonyl (C=O) groups is 2. The first-order chi connectivity index (χ1) is 10.9. The van der Waals surface area contributed by atoms with E-state index in [0.717, 1.165) is 10.5 Å². The van der Waals surface area contributed by atoms with Crippen molar-refractivity contribution in [3.8, 4) is 0 Å². The minimum Gasteiger partial charge on any atom is -0.480 e. The summed E-state index contributed by atoms with van der Waals surface area (Å²) in [5.74, 6) is -1.58. The summed E-state index contributed by atoms with van der Waals surface area (Å²) in [5, 5.41) is 27.9. The molecular formula is C16H23NO6. The molecule has 23 heavy (non-hydrogen) atoms. The molecule has 0 aliphatic rings. The minimum atomic E-state index is -1.24. The van der Waals surface area contributed by atoms with Crippen LogP contribution >= 0.6 is 0 Å². The van der Waals surface area contributed by atoms with Crippen molar-refractivity contribution in [3.63, 3.8) is 0 Å². The number of hydrogen-bond donors (Lipinski definition) is 3. The third kappa shape index (κ3) is 5.88. The van der Waals surface area contributed by atoms with Gasteiger partial charge in [-0.05, 0) is 11.5 Å². The lowest BCUT2D eigenvalue weighted by Crippen LogP contribution is -2.51. The Balaban J connectivity index is 2.84. The van der Waals surface area contributed by atoms with Gasteiger partial charge in [0.25, 0.3) is 0 Å². The predicted molar refractivity (Wildman–Crippen MR) is 82.7 cm³/mol. The lowest BCUT2D eigenvalue weighted by atomic mass is 10.0. The van der Waals surface area contributed by atoms with Crippen LogP contribution < -0.4 is 0 Å². The standard InChI is InChI=1S/C16H23NO6/c1-11(2)14(15(20)21)17(8-13(19)9-18)16(22)23-10-12-6-4-3-5-7-12/h3-7,11,13-14,18-19H,8-10H2,1-2H3,(H,20,21). The second kappa shape index (κ2) is 9.12. The van der Waals surface area contributed by atoms with Gasteiger partial charge in [0.15, 0.2) is 0 Å². The van der Waals surface area contributed by atoms with Crippen LogP contribution in [-0.4, -0.2) is 57.6 Å². The van der Waals surface area contributed by atoms with Gasteiger partial charge in [0.05, 0.1) is 19.3 Å². The van der Waals surface area contributed by atoms with Crippen LogP contribution in [-0.2, 0) is 16.1 Å². The molecule has 2 unspecified atom stereocenters. The van der Waals surface area contributed by atoms with Crippen molar-refractivity contribution in [2.45, 2.75) is 32.6 Å². The van der Waals surface area contributed by atoms with Gasteiger partial charge in [-0.1, -0.05) is 44.2 Å². The molecule has 3 N–H and O–H groups in total. The molecule has 1 aromatic rings. The predicted octanol–water partition coefficient (Wildman–Crippen LogP) is 1.09. The van der Waals surface area contributed by atoms with E-state index in [0.29, 0.717) is 0 Å². The summed E-state index contributed by atoms with van der Waals surface area (Å²) in [5.41, 5.74) is 0.764. The third-order valence-electron chi connectivity index (χ3n) is 3.28. The van der Waals surface area contributed by atoms with E-state index in [1.807, 2.05) is 6.07 Å². The van der Waals surface area contributed by atoms with Gasteiger partial charge in [0.1, 0.15) is 12.6 Å². The first-order valence-corrected chi connectivity index (χ1v) is 7.35. The van der Waals surface area contributed by atoms with E-state index in [1.54, 1.807) is 38.1 Å². The SMILES string of the molecule is CC(C)C(C(=O)O)N(CC(O)CO)C(=O)OCc1ccccc1. The van der Waals surface area contributed by atoms with E-state index < -0.39 is 30.8 Å². The highest BCUT2D eigenvalue weighted by Gasteiger charge is 2.34. The molecule has 1 aromatic carbocycles. The molecule has 0 spiro atoms. The summed E-state index contributed by atoms with van der Waals surface area (Å²) in [6, 6.07) is 7.82. The summed E-state index contributed by atoms with van der Waals surface area (Å²) in [6.07, 6.45) is -2.08. The molecule has 0 aliphatic carbocycles. The van der Waals surface area contributed by atoms with Crippen molar-refractivity contribution in [1.82, 2.24) is 4.90 Å². The van der Waals surface area contributed by atoms with Crippen LogP contribution in [0.25, 0.3) is 0 Å². The molecule has 7 nitrogen and oxygen atoms in total. The molecular weight excluding hydrogens is 302 g/mol. The lowest BCUT2D eigenvalue weighted by molar-refractivity contribution is -0.145. The smallest absolute Gasteiger partial charge is 0.410 e. The highest BCUT2D eigenvalue weighted by molar-refractivity contribution is 5.80. The highest BCUT2D eigenvalue weighted by Crippen LogP contribution is 2.15. The van der Waals surface area contributed by atoms with Crippen LogP contribution in [0.2, 0.25) is 0 Å². The Bertz CT molecular complexity index is 505. The molecule has 2 atom stereocenters. The maximum atomic E-state index is 12.3. The van der Waals surface area contributed by atoms with Gasteiger partial charge in [-0.2, -0.15) is 0 Å². The number of hydrogen-bond acceptors (Lipinski definition) is 5. The number of benzene rings is 1. The summed E-state index contributed by atoms with van der Waals surface area (Å²) in [4.78, 5) is 24.6. The molecule has 1 amide bonds. The van der Waals surface area contributed by atoms with Crippen LogP contribution in [0, 0.1) is 5.92 Å². The Kier molecular flexibility index (Phi) is 7.50. The van der Waals surface area contributed by atoms with E-state index in [9.17, 15) is 19.8 Å². The van der Waals surface area contributed by atoms with Gasteiger partial charge in [0, 0.05) is 0 Å². The van der Waals surface area contributed by atoms with Crippen molar-refractivity contribution in [3.05, 3.63) is 35.9 Å². The zero-order chi connectivity index (χ0) is 17.4. The molecule has 0 aliphatic heterocycles. The monoisotopic (exact) mass is 325 g/mol. The number of aliphatic hydroxyl groups excluding tert-OH is 2. The second-order valence-electron chi connectivity index (χ2n) is 5.56. The quantitative estimate of drug-likeness (QED) is 0.660. The molecule has 1 rings (SSSR count). The number of carboxylic acids is 1. The molecule has 0 fully saturated rings. The summed E-state index contributed by atoms with van der Waals surface area (Å²) in [6.45, 7) is 2.41. The molecule has 0 heterocycles. The van der Waals surface area contributed by atoms with Gasteiger partial charge in [-0.3, -0.25) is 4.90 Å². The van der Waals surface area contributed by atoms with Crippen molar-refractivity contribution in [2.75, 3.05) is 13.2 Å². The van der Waals surface area contributed by atoms with Crippen LogP contribution in [0.1, 0.15) is 19.4 Å². The van der Waals surface area contributed by atoms with Crippen molar-refractivity contribution in [1.29, 1.82) is 0 Å². The number of ether oxygens (including phenoxy) is 1. The van der Waals surface area contributed by atoms with E-state index in [2.05, 4.69) is 0 Å². The first-order valence-electron chi connectivity index (χ1n) is 7.35. The maximum Gasteiger partial charge on any atom is 0.410 e. The largest absolute Gasteiger partial charge is 0.480 e. The molecule has 0 bridgehead atoms. The molecule has 7 heteroatoms. The fourth-order valence-corrected chi connectivity index (χ4v) is 2.17. The van der Waals surface area contributed by atoms with E-state index in [-0.39, 0.29) is 19.1 Å². The van der Waals surface area contributed by atoms with Crippen molar-refractivity contribution < 1.29 is 29.6 Å². The number of carboxylic acid groups (broad SMARTS) is 1. The van der Waals surface area contributed by atoms with Crippen molar-refractivity contribution in [2.24, 2.45) is 5.92 Å². The van der Waals surface area contributed by atoms with Gasteiger partial charge in [0.2, 0.25) is 0 Å².